The molecule has 1 aromatic carbocycles. The number of allylic oxidation sites excluding steroid dienone is 4. The highest BCUT2D eigenvalue weighted by Gasteiger charge is 2.45. The Morgan fingerprint density at radius 3 is 2.71 bits per heavy atom. The average molecular weight is 388 g/mol. The summed E-state index contributed by atoms with van der Waals surface area (Å²) in [6.45, 7) is -0.151. The molecule has 1 aliphatic heterocycles. The molecule has 1 heterocycles. The van der Waals surface area contributed by atoms with Crippen molar-refractivity contribution in [1.29, 1.82) is 5.41 Å². The second kappa shape index (κ2) is 8.35. The highest BCUT2D eigenvalue weighted by atomic mass is 19.3. The maximum atomic E-state index is 13.8. The van der Waals surface area contributed by atoms with Crippen molar-refractivity contribution in [3.8, 4) is 0 Å². The van der Waals surface area contributed by atoms with E-state index in [9.17, 15) is 13.6 Å². The standard InChI is InChI=1S/C20H22F2N4O2/c1-24-18(19(27)26-17-10-25-12-20(17,21)22)15-9-14(7-8-16(15)23)28-11-13-5-3-2-4-6-13/h2-9,17,23-25H,10-12H2,1H3,(H,26,27)/b18-15-,23-16?. The summed E-state index contributed by atoms with van der Waals surface area (Å²) in [6, 6.07) is 8.27. The molecular weight excluding hydrogens is 366 g/mol. The summed E-state index contributed by atoms with van der Waals surface area (Å²) in [7, 11) is 1.51. The molecule has 148 valence electrons. The molecular formula is C20H22F2N4O2. The molecule has 8 heteroatoms. The summed E-state index contributed by atoms with van der Waals surface area (Å²) >= 11 is 0. The lowest BCUT2D eigenvalue weighted by Gasteiger charge is -2.21. The molecule has 1 aliphatic carbocycles. The molecule has 6 nitrogen and oxygen atoms in total. The third-order valence-corrected chi connectivity index (χ3v) is 4.51. The molecule has 1 atom stereocenters. The number of carbonyl (C=O) groups excluding carboxylic acids is 1. The van der Waals surface area contributed by atoms with Crippen LogP contribution in [0.3, 0.4) is 0 Å². The molecule has 1 fully saturated rings. The Morgan fingerprint density at radius 1 is 1.32 bits per heavy atom. The highest BCUT2D eigenvalue weighted by Crippen LogP contribution is 2.23. The van der Waals surface area contributed by atoms with Gasteiger partial charge in [-0.25, -0.2) is 8.78 Å². The van der Waals surface area contributed by atoms with E-state index in [1.54, 1.807) is 12.2 Å². The first-order valence-corrected chi connectivity index (χ1v) is 8.87. The summed E-state index contributed by atoms with van der Waals surface area (Å²) in [5, 5.41) is 15.7. The summed E-state index contributed by atoms with van der Waals surface area (Å²) < 4.78 is 33.3. The van der Waals surface area contributed by atoms with Crippen molar-refractivity contribution in [2.24, 2.45) is 0 Å². The van der Waals surface area contributed by atoms with Crippen LogP contribution in [-0.2, 0) is 16.1 Å². The number of carbonyl (C=O) groups is 1. The highest BCUT2D eigenvalue weighted by molar-refractivity contribution is 6.14. The number of likely N-dealkylation sites (N-methyl/N-ethyl adjacent to an activating group) is 1. The van der Waals surface area contributed by atoms with Gasteiger partial charge in [-0.05, 0) is 23.8 Å². The minimum atomic E-state index is -3.01. The number of hydrogen-bond acceptors (Lipinski definition) is 5. The van der Waals surface area contributed by atoms with E-state index in [-0.39, 0.29) is 23.5 Å². The van der Waals surface area contributed by atoms with E-state index in [0.717, 1.165) is 5.56 Å². The van der Waals surface area contributed by atoms with Crippen LogP contribution < -0.4 is 16.0 Å². The molecule has 0 aromatic heterocycles. The number of nitrogens with one attached hydrogen (secondary N) is 4. The van der Waals surface area contributed by atoms with Gasteiger partial charge in [0.05, 0.1) is 12.3 Å². The zero-order valence-electron chi connectivity index (χ0n) is 15.4. The number of ether oxygens (including phenoxy) is 1. The summed E-state index contributed by atoms with van der Waals surface area (Å²) in [6.07, 6.45) is 4.70. The normalized spacial score (nSPS) is 22.5. The summed E-state index contributed by atoms with van der Waals surface area (Å²) in [5.41, 5.74) is 1.38. The Hall–Kier alpha value is -3.00. The number of hydrogen-bond donors (Lipinski definition) is 4. The van der Waals surface area contributed by atoms with Gasteiger partial charge < -0.3 is 26.1 Å². The maximum absolute atomic E-state index is 13.8. The topological polar surface area (TPSA) is 86.2 Å². The van der Waals surface area contributed by atoms with Crippen LogP contribution in [-0.4, -0.2) is 43.7 Å². The van der Waals surface area contributed by atoms with Crippen molar-refractivity contribution in [1.82, 2.24) is 16.0 Å². The number of halogens is 2. The minimum absolute atomic E-state index is 0.0102. The molecule has 4 N–H and O–H groups in total. The van der Waals surface area contributed by atoms with E-state index in [1.165, 1.54) is 13.1 Å². The van der Waals surface area contributed by atoms with Gasteiger partial charge in [-0.3, -0.25) is 4.79 Å². The molecule has 0 radical (unpaired) electrons. The Morgan fingerprint density at radius 2 is 2.07 bits per heavy atom. The van der Waals surface area contributed by atoms with Gasteiger partial charge in [0.2, 0.25) is 0 Å². The zero-order valence-corrected chi connectivity index (χ0v) is 15.4. The van der Waals surface area contributed by atoms with Crippen molar-refractivity contribution in [3.63, 3.8) is 0 Å². The number of benzene rings is 1. The third-order valence-electron chi connectivity index (χ3n) is 4.51. The number of amides is 1. The van der Waals surface area contributed by atoms with Crippen LogP contribution in [0.25, 0.3) is 0 Å². The fraction of sp³-hybridized carbons (Fsp3) is 0.300. The molecule has 28 heavy (non-hydrogen) atoms. The lowest BCUT2D eigenvalue weighted by Crippen LogP contribution is -2.48. The molecule has 0 saturated carbocycles. The zero-order chi connectivity index (χ0) is 20.1. The fourth-order valence-corrected chi connectivity index (χ4v) is 2.97. The van der Waals surface area contributed by atoms with Crippen LogP contribution in [0.5, 0.6) is 0 Å². The van der Waals surface area contributed by atoms with E-state index >= 15 is 0 Å². The predicted molar refractivity (Wildman–Crippen MR) is 102 cm³/mol. The average Bonchev–Trinajstić information content (AvgIpc) is 3.01. The lowest BCUT2D eigenvalue weighted by molar-refractivity contribution is -0.120. The van der Waals surface area contributed by atoms with Gasteiger partial charge in [-0.15, -0.1) is 0 Å². The van der Waals surface area contributed by atoms with Gasteiger partial charge in [0, 0.05) is 19.2 Å². The van der Waals surface area contributed by atoms with E-state index in [4.69, 9.17) is 10.1 Å². The number of rotatable bonds is 6. The SMILES string of the molecule is CN/C(C(=O)NC1CNCC1(F)F)=C1/C=C(OCc2ccccc2)C=CC1=N. The smallest absolute Gasteiger partial charge is 0.281 e. The first-order chi connectivity index (χ1) is 13.4. The van der Waals surface area contributed by atoms with Crippen molar-refractivity contribution >= 4 is 11.6 Å². The molecule has 3 rings (SSSR count). The van der Waals surface area contributed by atoms with Crippen LogP contribution in [0.2, 0.25) is 0 Å². The monoisotopic (exact) mass is 388 g/mol. The Labute approximate surface area is 161 Å². The van der Waals surface area contributed by atoms with Crippen LogP contribution in [0.4, 0.5) is 8.78 Å². The largest absolute Gasteiger partial charge is 0.489 e. The Kier molecular flexibility index (Phi) is 5.89. The van der Waals surface area contributed by atoms with Crippen LogP contribution in [0, 0.1) is 5.41 Å². The van der Waals surface area contributed by atoms with E-state index < -0.39 is 24.4 Å². The molecule has 1 saturated heterocycles. The Balaban J connectivity index is 1.77. The molecule has 0 bridgehead atoms. The molecule has 1 aromatic rings. The van der Waals surface area contributed by atoms with Crippen LogP contribution >= 0.6 is 0 Å². The summed E-state index contributed by atoms with van der Waals surface area (Å²) in [4.78, 5) is 12.6. The second-order valence-electron chi connectivity index (χ2n) is 6.52. The molecule has 0 spiro atoms. The predicted octanol–water partition coefficient (Wildman–Crippen LogP) is 1.87. The Bertz CT molecular complexity index is 847. The minimum Gasteiger partial charge on any atom is -0.489 e. The van der Waals surface area contributed by atoms with Gasteiger partial charge >= 0.3 is 0 Å². The first-order valence-electron chi connectivity index (χ1n) is 8.87. The van der Waals surface area contributed by atoms with Gasteiger partial charge in [0.25, 0.3) is 11.8 Å². The van der Waals surface area contributed by atoms with E-state index in [0.29, 0.717) is 12.4 Å². The maximum Gasteiger partial charge on any atom is 0.281 e. The summed E-state index contributed by atoms with van der Waals surface area (Å²) in [5.74, 6) is -3.23. The van der Waals surface area contributed by atoms with E-state index in [2.05, 4.69) is 16.0 Å². The van der Waals surface area contributed by atoms with Crippen molar-refractivity contribution in [3.05, 3.63) is 71.2 Å². The fourth-order valence-electron chi connectivity index (χ4n) is 2.97. The first kappa shape index (κ1) is 19.8. The lowest BCUT2D eigenvalue weighted by atomic mass is 10.0. The van der Waals surface area contributed by atoms with Gasteiger partial charge in [-0.1, -0.05) is 30.3 Å². The van der Waals surface area contributed by atoms with Gasteiger partial charge in [0.1, 0.15) is 24.1 Å². The van der Waals surface area contributed by atoms with Gasteiger partial charge in [-0.2, -0.15) is 0 Å². The van der Waals surface area contributed by atoms with Crippen molar-refractivity contribution in [2.45, 2.75) is 18.6 Å². The van der Waals surface area contributed by atoms with Crippen molar-refractivity contribution < 1.29 is 18.3 Å². The van der Waals surface area contributed by atoms with Crippen molar-refractivity contribution in [2.75, 3.05) is 20.1 Å². The quantitative estimate of drug-likeness (QED) is 0.561. The third kappa shape index (κ3) is 4.45. The molecule has 1 unspecified atom stereocenters. The van der Waals surface area contributed by atoms with Crippen LogP contribution in [0.1, 0.15) is 5.56 Å². The molecule has 2 aliphatic rings. The molecule has 1 amide bonds. The second-order valence-corrected chi connectivity index (χ2v) is 6.52. The number of alkyl halides is 2. The van der Waals surface area contributed by atoms with Gasteiger partial charge in [0.15, 0.2) is 0 Å². The van der Waals surface area contributed by atoms with Crippen LogP contribution in [0.15, 0.2) is 65.6 Å². The van der Waals surface area contributed by atoms with E-state index in [1.807, 2.05) is 30.3 Å².